The molecule has 0 saturated heterocycles. The molecule has 0 radical (unpaired) electrons. The molecule has 1 aromatic heterocycles. The fourth-order valence-electron chi connectivity index (χ4n) is 1.63. The lowest BCUT2D eigenvalue weighted by molar-refractivity contribution is 0.607. The van der Waals surface area contributed by atoms with Crippen molar-refractivity contribution in [1.29, 1.82) is 0 Å². The van der Waals surface area contributed by atoms with Crippen LogP contribution in [0.25, 0.3) is 11.1 Å². The Morgan fingerprint density at radius 3 is 2.67 bits per heavy atom. The summed E-state index contributed by atoms with van der Waals surface area (Å²) in [5.74, 6) is 0.534. The van der Waals surface area contributed by atoms with Gasteiger partial charge in [0.25, 0.3) is 0 Å². The summed E-state index contributed by atoms with van der Waals surface area (Å²) < 4.78 is 26.3. The monoisotopic (exact) mass is 266 g/mol. The third-order valence-corrected chi connectivity index (χ3v) is 3.07. The van der Waals surface area contributed by atoms with Crippen LogP contribution in [0.15, 0.2) is 30.5 Å². The number of rotatable bonds is 3. The smallest absolute Gasteiger partial charge is 0.229 e. The van der Waals surface area contributed by atoms with Gasteiger partial charge in [-0.2, -0.15) is 5.10 Å². The van der Waals surface area contributed by atoms with E-state index in [2.05, 4.69) is 9.82 Å². The first-order chi connectivity index (χ1) is 8.37. The predicted octanol–water partition coefficient (Wildman–Crippen LogP) is 1.04. The van der Waals surface area contributed by atoms with Crippen molar-refractivity contribution in [3.8, 4) is 11.1 Å². The first-order valence-corrected chi connectivity index (χ1v) is 7.11. The fraction of sp³-hybridized carbons (Fsp3) is 0.182. The maximum Gasteiger partial charge on any atom is 0.229 e. The van der Waals surface area contributed by atoms with E-state index < -0.39 is 10.0 Å². The minimum absolute atomic E-state index is 0.498. The van der Waals surface area contributed by atoms with Gasteiger partial charge in [-0.1, -0.05) is 12.1 Å². The maximum atomic E-state index is 11.2. The molecule has 0 fully saturated rings. The number of nitrogens with zero attached hydrogens (tertiary/aromatic N) is 2. The van der Waals surface area contributed by atoms with Crippen LogP contribution in [0.2, 0.25) is 0 Å². The molecule has 0 aliphatic heterocycles. The van der Waals surface area contributed by atoms with Crippen molar-refractivity contribution in [3.05, 3.63) is 30.5 Å². The summed E-state index contributed by atoms with van der Waals surface area (Å²) >= 11 is 0. The highest BCUT2D eigenvalue weighted by Crippen LogP contribution is 2.27. The summed E-state index contributed by atoms with van der Waals surface area (Å²) in [5.41, 5.74) is 7.96. The van der Waals surface area contributed by atoms with E-state index in [9.17, 15) is 8.42 Å². The topological polar surface area (TPSA) is 90.0 Å². The lowest BCUT2D eigenvalue weighted by Gasteiger charge is -2.06. The molecule has 0 amide bonds. The van der Waals surface area contributed by atoms with Crippen LogP contribution in [0.1, 0.15) is 0 Å². The number of nitrogens with two attached hydrogens (primary N) is 1. The van der Waals surface area contributed by atoms with Crippen LogP contribution in [-0.4, -0.2) is 24.5 Å². The van der Waals surface area contributed by atoms with Crippen molar-refractivity contribution in [2.75, 3.05) is 16.7 Å². The van der Waals surface area contributed by atoms with Gasteiger partial charge in [-0.05, 0) is 17.7 Å². The molecule has 0 aliphatic rings. The molecule has 3 N–H and O–H groups in total. The summed E-state index contributed by atoms with van der Waals surface area (Å²) in [6, 6.07) is 7.00. The van der Waals surface area contributed by atoms with Crippen LogP contribution in [0.4, 0.5) is 11.5 Å². The quantitative estimate of drug-likeness (QED) is 0.868. The Balaban J connectivity index is 2.42. The molecule has 7 heteroatoms. The van der Waals surface area contributed by atoms with Gasteiger partial charge >= 0.3 is 0 Å². The second-order valence-electron chi connectivity index (χ2n) is 4.02. The molecule has 0 spiro atoms. The lowest BCUT2D eigenvalue weighted by atomic mass is 10.1. The molecule has 2 aromatic rings. The van der Waals surface area contributed by atoms with E-state index in [1.807, 2.05) is 6.07 Å². The van der Waals surface area contributed by atoms with Crippen LogP contribution in [0, 0.1) is 0 Å². The highest BCUT2D eigenvalue weighted by molar-refractivity contribution is 7.92. The van der Waals surface area contributed by atoms with Crippen molar-refractivity contribution < 1.29 is 8.42 Å². The average Bonchev–Trinajstić information content (AvgIpc) is 2.58. The van der Waals surface area contributed by atoms with Gasteiger partial charge in [0.05, 0.1) is 12.5 Å². The first kappa shape index (κ1) is 12.4. The van der Waals surface area contributed by atoms with E-state index in [0.29, 0.717) is 11.5 Å². The molecular weight excluding hydrogens is 252 g/mol. The number of anilines is 2. The zero-order valence-electron chi connectivity index (χ0n) is 10.1. The van der Waals surface area contributed by atoms with Gasteiger partial charge in [-0.15, -0.1) is 0 Å². The zero-order chi connectivity index (χ0) is 13.3. The van der Waals surface area contributed by atoms with Crippen LogP contribution < -0.4 is 10.5 Å². The van der Waals surface area contributed by atoms with Crippen molar-refractivity contribution in [3.63, 3.8) is 0 Å². The fourth-order valence-corrected chi connectivity index (χ4v) is 2.19. The number of hydrogen-bond acceptors (Lipinski definition) is 4. The largest absolute Gasteiger partial charge is 0.383 e. The Bertz CT molecular complexity index is 676. The number of hydrogen-bond donors (Lipinski definition) is 2. The Morgan fingerprint density at radius 2 is 2.11 bits per heavy atom. The molecule has 18 heavy (non-hydrogen) atoms. The summed E-state index contributed by atoms with van der Waals surface area (Å²) in [4.78, 5) is 0. The number of sulfonamides is 1. The van der Waals surface area contributed by atoms with E-state index >= 15 is 0 Å². The van der Waals surface area contributed by atoms with Crippen molar-refractivity contribution >= 4 is 21.5 Å². The van der Waals surface area contributed by atoms with Crippen LogP contribution in [0.5, 0.6) is 0 Å². The molecule has 0 aliphatic carbocycles. The highest BCUT2D eigenvalue weighted by atomic mass is 32.2. The van der Waals surface area contributed by atoms with Crippen molar-refractivity contribution in [1.82, 2.24) is 9.78 Å². The van der Waals surface area contributed by atoms with E-state index in [1.54, 1.807) is 36.1 Å². The minimum Gasteiger partial charge on any atom is -0.383 e. The normalized spacial score (nSPS) is 11.4. The van der Waals surface area contributed by atoms with Gasteiger partial charge in [0, 0.05) is 18.3 Å². The van der Waals surface area contributed by atoms with Gasteiger partial charge in [-0.25, -0.2) is 8.42 Å². The van der Waals surface area contributed by atoms with Gasteiger partial charge in [-0.3, -0.25) is 9.40 Å². The Morgan fingerprint density at radius 1 is 1.39 bits per heavy atom. The van der Waals surface area contributed by atoms with E-state index in [4.69, 9.17) is 5.73 Å². The average molecular weight is 266 g/mol. The summed E-state index contributed by atoms with van der Waals surface area (Å²) in [5, 5.41) is 4.05. The molecule has 2 rings (SSSR count). The molecule has 1 heterocycles. The van der Waals surface area contributed by atoms with Gasteiger partial charge in [0.1, 0.15) is 5.82 Å². The first-order valence-electron chi connectivity index (χ1n) is 5.22. The summed E-state index contributed by atoms with van der Waals surface area (Å²) in [7, 11) is -1.54. The number of aryl methyl sites for hydroxylation is 1. The van der Waals surface area contributed by atoms with E-state index in [0.717, 1.165) is 17.4 Å². The molecule has 1 aromatic carbocycles. The van der Waals surface area contributed by atoms with Crippen LogP contribution in [-0.2, 0) is 17.1 Å². The summed E-state index contributed by atoms with van der Waals surface area (Å²) in [6.45, 7) is 0. The van der Waals surface area contributed by atoms with Crippen LogP contribution >= 0.6 is 0 Å². The minimum atomic E-state index is -3.28. The van der Waals surface area contributed by atoms with Gasteiger partial charge < -0.3 is 5.73 Å². The molecule has 0 bridgehead atoms. The number of nitrogens with one attached hydrogen (secondary N) is 1. The zero-order valence-corrected chi connectivity index (χ0v) is 10.9. The standard InChI is InChI=1S/C11H14N4O2S/c1-15-11(12)10(7-13-15)8-4-3-5-9(6-8)14-18(2,16)17/h3-7,14H,12H2,1-2H3. The van der Waals surface area contributed by atoms with E-state index in [-0.39, 0.29) is 0 Å². The van der Waals surface area contributed by atoms with Crippen molar-refractivity contribution in [2.24, 2.45) is 7.05 Å². The predicted molar refractivity (Wildman–Crippen MR) is 71.5 cm³/mol. The third kappa shape index (κ3) is 2.62. The van der Waals surface area contributed by atoms with E-state index in [1.165, 1.54) is 0 Å². The highest BCUT2D eigenvalue weighted by Gasteiger charge is 2.09. The lowest BCUT2D eigenvalue weighted by Crippen LogP contribution is -2.09. The number of benzene rings is 1. The Labute approximate surface area is 105 Å². The number of nitrogen functional groups attached to an aromatic ring is 1. The second kappa shape index (κ2) is 4.34. The molecule has 0 atom stereocenters. The maximum absolute atomic E-state index is 11.2. The number of aromatic nitrogens is 2. The summed E-state index contributed by atoms with van der Waals surface area (Å²) in [6.07, 6.45) is 2.76. The SMILES string of the molecule is Cn1ncc(-c2cccc(NS(C)(=O)=O)c2)c1N. The molecule has 0 unspecified atom stereocenters. The molecular formula is C11H14N4O2S. The molecule has 0 saturated carbocycles. The van der Waals surface area contributed by atoms with Gasteiger partial charge in [0.15, 0.2) is 0 Å². The van der Waals surface area contributed by atoms with Crippen molar-refractivity contribution in [2.45, 2.75) is 0 Å². The third-order valence-electron chi connectivity index (χ3n) is 2.46. The Kier molecular flexibility index (Phi) is 3.00. The van der Waals surface area contributed by atoms with Gasteiger partial charge in [0.2, 0.25) is 10.0 Å². The van der Waals surface area contributed by atoms with Crippen LogP contribution in [0.3, 0.4) is 0 Å². The Hall–Kier alpha value is -2.02. The second-order valence-corrected chi connectivity index (χ2v) is 5.77. The molecule has 6 nitrogen and oxygen atoms in total. The molecule has 96 valence electrons.